The van der Waals surface area contributed by atoms with Crippen LogP contribution in [0.3, 0.4) is 0 Å². The fraction of sp³-hybridized carbons (Fsp3) is 0.324. The van der Waals surface area contributed by atoms with Gasteiger partial charge in [0.25, 0.3) is 0 Å². The molecule has 0 saturated heterocycles. The van der Waals surface area contributed by atoms with Crippen molar-refractivity contribution in [3.05, 3.63) is 93.5 Å². The largest absolute Gasteiger partial charge is 0.493 e. The van der Waals surface area contributed by atoms with Gasteiger partial charge in [0, 0.05) is 81.7 Å². The maximum atomic E-state index is 13.3. The van der Waals surface area contributed by atoms with Crippen molar-refractivity contribution >= 4 is 56.7 Å². The topological polar surface area (TPSA) is 96.7 Å². The van der Waals surface area contributed by atoms with Crippen LogP contribution in [0.25, 0.3) is 32.8 Å². The Morgan fingerprint density at radius 3 is 2.70 bits per heavy atom. The van der Waals surface area contributed by atoms with Crippen molar-refractivity contribution in [1.82, 2.24) is 14.3 Å². The van der Waals surface area contributed by atoms with E-state index in [9.17, 15) is 4.79 Å². The minimum atomic E-state index is -0.384. The molecule has 1 aliphatic rings. The van der Waals surface area contributed by atoms with E-state index in [1.807, 2.05) is 60.6 Å². The van der Waals surface area contributed by atoms with Gasteiger partial charge in [-0.05, 0) is 73.9 Å². The van der Waals surface area contributed by atoms with E-state index in [1.54, 1.807) is 11.8 Å². The third kappa shape index (κ3) is 6.39. The lowest BCUT2D eigenvalue weighted by Gasteiger charge is -2.14. The van der Waals surface area contributed by atoms with Crippen LogP contribution in [-0.4, -0.2) is 52.5 Å². The number of hydrogen-bond donors (Lipinski definition) is 1. The van der Waals surface area contributed by atoms with Crippen molar-refractivity contribution in [2.24, 2.45) is 17.8 Å². The van der Waals surface area contributed by atoms with E-state index in [0.29, 0.717) is 41.8 Å². The molecule has 10 heteroatoms. The Morgan fingerprint density at radius 2 is 1.91 bits per heavy atom. The molecular weight excluding hydrogens is 630 g/mol. The molecule has 2 aromatic heterocycles. The number of nitrogens with zero attached hydrogens (tertiary/aromatic N) is 4. The standard InChI is InChI=1S/C37H40ClN5O3S/c1-22-33-31-14-13-29(38)35(33)34-23(2)42(4)41-30(34)21-47-20-26(39)19-27(40-3)12-11-24-17-25-9-6-7-10-28(25)32(18-24)46-16-8-15-43(31)36(22)37(44)45-5/h6-7,9-10,13-14,17-19H,8,11-12,15-16,20-21,39H2,1-5H3. The van der Waals surface area contributed by atoms with Gasteiger partial charge in [0.1, 0.15) is 11.4 Å². The smallest absolute Gasteiger partial charge is 0.354 e. The van der Waals surface area contributed by atoms with Gasteiger partial charge in [0.15, 0.2) is 0 Å². The van der Waals surface area contributed by atoms with Gasteiger partial charge in [-0.1, -0.05) is 41.9 Å². The molecule has 0 spiro atoms. The molecule has 8 nitrogen and oxygen atoms in total. The highest BCUT2D eigenvalue weighted by atomic mass is 35.5. The number of halogens is 1. The van der Waals surface area contributed by atoms with Crippen molar-refractivity contribution in [3.63, 3.8) is 0 Å². The number of thioether (sulfide) groups is 1. The first-order chi connectivity index (χ1) is 22.7. The third-order valence-electron chi connectivity index (χ3n) is 8.94. The van der Waals surface area contributed by atoms with Crippen LogP contribution in [-0.2, 0) is 30.5 Å². The van der Waals surface area contributed by atoms with E-state index >= 15 is 0 Å². The predicted octanol–water partition coefficient (Wildman–Crippen LogP) is 7.81. The average molecular weight is 670 g/mol. The van der Waals surface area contributed by atoms with Gasteiger partial charge in [-0.3, -0.25) is 9.67 Å². The minimum Gasteiger partial charge on any atom is -0.493 e. The van der Waals surface area contributed by atoms with Gasteiger partial charge in [0.05, 0.1) is 19.4 Å². The van der Waals surface area contributed by atoms with Crippen molar-refractivity contribution < 1.29 is 14.3 Å². The summed E-state index contributed by atoms with van der Waals surface area (Å²) in [7, 11) is 5.18. The van der Waals surface area contributed by atoms with Crippen molar-refractivity contribution in [3.8, 4) is 16.9 Å². The van der Waals surface area contributed by atoms with Gasteiger partial charge < -0.3 is 19.8 Å². The number of rotatable bonds is 1. The van der Waals surface area contributed by atoms with E-state index in [4.69, 9.17) is 31.9 Å². The molecule has 0 saturated carbocycles. The highest BCUT2D eigenvalue weighted by Gasteiger charge is 2.27. The van der Waals surface area contributed by atoms with E-state index in [1.165, 1.54) is 12.7 Å². The fourth-order valence-electron chi connectivity index (χ4n) is 6.60. The number of aryl methyl sites for hydroxylation is 4. The van der Waals surface area contributed by atoms with Crippen LogP contribution in [0.2, 0.25) is 5.02 Å². The van der Waals surface area contributed by atoms with Crippen LogP contribution in [0.4, 0.5) is 0 Å². The SMILES string of the molecule is CN=C1C=C(N)CSCc2nn(C)c(C)c2-c2c(Cl)ccc3c2c(C)c(C(=O)OC)n3CCCOc2cc(cc3ccccc23)CC1. The zero-order valence-electron chi connectivity index (χ0n) is 27.5. The number of allylic oxidation sites excluding steroid dienone is 1. The lowest BCUT2D eigenvalue weighted by molar-refractivity contribution is 0.0587. The number of fused-ring (bicyclic) bond motifs is 6. The summed E-state index contributed by atoms with van der Waals surface area (Å²) in [5.74, 6) is 1.73. The number of nitrogens with two attached hydrogens (primary N) is 1. The zero-order chi connectivity index (χ0) is 33.2. The highest BCUT2D eigenvalue weighted by molar-refractivity contribution is 7.98. The summed E-state index contributed by atoms with van der Waals surface area (Å²) in [5.41, 5.74) is 15.5. The van der Waals surface area contributed by atoms with Gasteiger partial charge in [-0.15, -0.1) is 11.8 Å². The number of benzene rings is 3. The quantitative estimate of drug-likeness (QED) is 0.183. The second-order valence-electron chi connectivity index (χ2n) is 11.9. The molecule has 0 fully saturated rings. The summed E-state index contributed by atoms with van der Waals surface area (Å²) >= 11 is 8.73. The lowest BCUT2D eigenvalue weighted by Crippen LogP contribution is -2.13. The number of aliphatic imine (C=N–C) groups is 1. The number of hydrogen-bond acceptors (Lipinski definition) is 7. The number of carbonyl (C=O) groups excluding carboxylic acids is 1. The molecule has 47 heavy (non-hydrogen) atoms. The molecule has 0 amide bonds. The number of methoxy groups -OCH3 is 1. The Balaban J connectivity index is 1.49. The van der Waals surface area contributed by atoms with Crippen LogP contribution in [0.15, 0.2) is 65.3 Å². The summed E-state index contributed by atoms with van der Waals surface area (Å²) in [6, 6.07) is 16.6. The number of carbonyl (C=O) groups is 1. The Morgan fingerprint density at radius 1 is 1.11 bits per heavy atom. The van der Waals surface area contributed by atoms with Gasteiger partial charge >= 0.3 is 5.97 Å². The van der Waals surface area contributed by atoms with Gasteiger partial charge in [-0.25, -0.2) is 4.79 Å². The molecule has 0 unspecified atom stereocenters. The van der Waals surface area contributed by atoms with Crippen LogP contribution in [0, 0.1) is 13.8 Å². The summed E-state index contributed by atoms with van der Waals surface area (Å²) < 4.78 is 15.7. The molecule has 0 aliphatic carbocycles. The lowest BCUT2D eigenvalue weighted by atomic mass is 9.97. The van der Waals surface area contributed by atoms with Crippen molar-refractivity contribution in [2.75, 3.05) is 26.5 Å². The zero-order valence-corrected chi connectivity index (χ0v) is 29.1. The minimum absolute atomic E-state index is 0.384. The second kappa shape index (κ2) is 13.9. The Kier molecular flexibility index (Phi) is 9.66. The molecule has 1 aliphatic heterocycles. The summed E-state index contributed by atoms with van der Waals surface area (Å²) in [6.45, 7) is 5.05. The second-order valence-corrected chi connectivity index (χ2v) is 13.3. The molecule has 0 atom stereocenters. The third-order valence-corrected chi connectivity index (χ3v) is 10.3. The molecule has 0 radical (unpaired) electrons. The maximum absolute atomic E-state index is 13.3. The van der Waals surface area contributed by atoms with Crippen molar-refractivity contribution in [1.29, 1.82) is 0 Å². The molecule has 6 rings (SSSR count). The average Bonchev–Trinajstić information content (AvgIpc) is 3.51. The number of esters is 1. The van der Waals surface area contributed by atoms with E-state index in [0.717, 1.165) is 79.8 Å². The number of aromatic nitrogens is 3. The molecular formula is C37H40ClN5O3S. The van der Waals surface area contributed by atoms with Crippen LogP contribution < -0.4 is 10.5 Å². The van der Waals surface area contributed by atoms with Gasteiger partial charge in [-0.2, -0.15) is 5.10 Å². The van der Waals surface area contributed by atoms with Crippen LogP contribution >= 0.6 is 23.4 Å². The molecule has 2 N–H and O–H groups in total. The summed E-state index contributed by atoms with van der Waals surface area (Å²) in [6.07, 6.45) is 4.24. The Labute approximate surface area is 284 Å². The summed E-state index contributed by atoms with van der Waals surface area (Å²) in [4.78, 5) is 17.8. The maximum Gasteiger partial charge on any atom is 0.354 e. The molecule has 6 bridgehead atoms. The van der Waals surface area contributed by atoms with Gasteiger partial charge in [0.2, 0.25) is 0 Å². The van der Waals surface area contributed by atoms with E-state index in [-0.39, 0.29) is 5.97 Å². The molecule has 244 valence electrons. The monoisotopic (exact) mass is 669 g/mol. The Hall–Kier alpha value is -4.21. The first-order valence-electron chi connectivity index (χ1n) is 15.8. The first-order valence-corrected chi connectivity index (χ1v) is 17.3. The predicted molar refractivity (Wildman–Crippen MR) is 194 cm³/mol. The van der Waals surface area contributed by atoms with E-state index < -0.39 is 0 Å². The summed E-state index contributed by atoms with van der Waals surface area (Å²) in [5, 5.41) is 8.63. The van der Waals surface area contributed by atoms with Crippen molar-refractivity contribution in [2.45, 2.75) is 45.4 Å². The van der Waals surface area contributed by atoms with E-state index in [2.05, 4.69) is 36.2 Å². The van der Waals surface area contributed by atoms with Crippen LogP contribution in [0.5, 0.6) is 5.75 Å². The number of ether oxygens (including phenoxy) is 2. The molecule has 3 aromatic carbocycles. The molecule has 3 heterocycles. The first kappa shape index (κ1) is 32.7. The normalized spacial score (nSPS) is 15.7. The highest BCUT2D eigenvalue weighted by Crippen LogP contribution is 2.43. The molecule has 5 aromatic rings. The van der Waals surface area contributed by atoms with Crippen LogP contribution in [0.1, 0.15) is 45.8 Å². The Bertz CT molecular complexity index is 2060. The fourth-order valence-corrected chi connectivity index (χ4v) is 7.67.